The summed E-state index contributed by atoms with van der Waals surface area (Å²) in [5, 5.41) is 3.14. The summed E-state index contributed by atoms with van der Waals surface area (Å²) >= 11 is 0. The molecule has 0 aromatic heterocycles. The maximum absolute atomic E-state index is 10.3. The average molecular weight is 127 g/mol. The molecule has 0 spiro atoms. The quantitative estimate of drug-likeness (QED) is 0.549. The van der Waals surface area contributed by atoms with Crippen molar-refractivity contribution in [2.75, 3.05) is 6.54 Å². The number of carbonyl (C=O) groups is 1. The van der Waals surface area contributed by atoms with Gasteiger partial charge in [-0.15, -0.1) is 0 Å². The lowest BCUT2D eigenvalue weighted by Gasteiger charge is -2.09. The Kier molecular flexibility index (Phi) is 2.22. The van der Waals surface area contributed by atoms with Crippen molar-refractivity contribution in [1.82, 2.24) is 5.32 Å². The summed E-state index contributed by atoms with van der Waals surface area (Å²) in [5.74, 6) is 0.600. The van der Waals surface area contributed by atoms with Gasteiger partial charge in [0.25, 0.3) is 0 Å². The molecule has 1 N–H and O–H groups in total. The van der Waals surface area contributed by atoms with Crippen LogP contribution in [0.15, 0.2) is 0 Å². The monoisotopic (exact) mass is 127 g/mol. The Bertz CT molecular complexity index is 103. The molecular weight excluding hydrogens is 114 g/mol. The fraction of sp³-hybridized carbons (Fsp3) is 0.857. The van der Waals surface area contributed by atoms with Gasteiger partial charge in [-0.1, -0.05) is 13.3 Å². The third kappa shape index (κ3) is 1.30. The van der Waals surface area contributed by atoms with Crippen LogP contribution in [0.1, 0.15) is 19.8 Å². The second-order valence-corrected chi connectivity index (χ2v) is 2.57. The summed E-state index contributed by atoms with van der Waals surface area (Å²) in [5.41, 5.74) is 0. The number of nitrogens with one attached hydrogen (secondary N) is 1. The summed E-state index contributed by atoms with van der Waals surface area (Å²) in [6.45, 7) is 3.15. The third-order valence-electron chi connectivity index (χ3n) is 2.07. The Hall–Kier alpha value is -0.370. The smallest absolute Gasteiger partial charge is 0.137 e. The van der Waals surface area contributed by atoms with Crippen molar-refractivity contribution in [1.29, 1.82) is 0 Å². The highest BCUT2D eigenvalue weighted by molar-refractivity contribution is 5.58. The zero-order valence-electron chi connectivity index (χ0n) is 5.76. The summed E-state index contributed by atoms with van der Waals surface area (Å²) in [7, 11) is 0. The molecule has 0 aromatic carbocycles. The van der Waals surface area contributed by atoms with E-state index < -0.39 is 0 Å². The average Bonchev–Trinajstić information content (AvgIpc) is 2.33. The Balaban J connectivity index is 2.41. The van der Waals surface area contributed by atoms with Gasteiger partial charge in [-0.25, -0.2) is 0 Å². The van der Waals surface area contributed by atoms with Crippen molar-refractivity contribution in [3.05, 3.63) is 0 Å². The maximum atomic E-state index is 10.3. The van der Waals surface area contributed by atoms with Crippen LogP contribution in [0.5, 0.6) is 0 Å². The Morgan fingerprint density at radius 3 is 3.00 bits per heavy atom. The SMILES string of the molecule is CCC1CCN[C@@H]1C=O. The largest absolute Gasteiger partial charge is 0.307 e. The van der Waals surface area contributed by atoms with Gasteiger partial charge in [0.2, 0.25) is 0 Å². The standard InChI is InChI=1S/C7H13NO/c1-2-6-3-4-8-7(6)5-9/h5-8H,2-4H2,1H3/t6?,7-/m1/s1. The molecule has 1 unspecified atom stereocenters. The van der Waals surface area contributed by atoms with Crippen LogP contribution in [-0.4, -0.2) is 18.9 Å². The molecule has 1 saturated heterocycles. The molecule has 0 aromatic rings. The molecule has 0 bridgehead atoms. The van der Waals surface area contributed by atoms with E-state index in [2.05, 4.69) is 12.2 Å². The van der Waals surface area contributed by atoms with Gasteiger partial charge in [-0.2, -0.15) is 0 Å². The van der Waals surface area contributed by atoms with E-state index in [1.54, 1.807) is 0 Å². The summed E-state index contributed by atoms with van der Waals surface area (Å²) in [6, 6.07) is 0.148. The van der Waals surface area contributed by atoms with Crippen molar-refractivity contribution in [2.45, 2.75) is 25.8 Å². The van der Waals surface area contributed by atoms with Crippen LogP contribution in [0, 0.1) is 5.92 Å². The third-order valence-corrected chi connectivity index (χ3v) is 2.07. The van der Waals surface area contributed by atoms with E-state index in [1.807, 2.05) is 0 Å². The molecule has 0 aliphatic carbocycles. The highest BCUT2D eigenvalue weighted by atomic mass is 16.1. The first-order valence-electron chi connectivity index (χ1n) is 3.57. The van der Waals surface area contributed by atoms with Gasteiger partial charge >= 0.3 is 0 Å². The molecule has 2 atom stereocenters. The second kappa shape index (κ2) is 2.97. The Labute approximate surface area is 55.6 Å². The predicted octanol–water partition coefficient (Wildman–Crippen LogP) is 0.573. The van der Waals surface area contributed by atoms with Crippen molar-refractivity contribution in [3.8, 4) is 0 Å². The molecule has 1 heterocycles. The predicted molar refractivity (Wildman–Crippen MR) is 36.3 cm³/mol. The molecule has 2 heteroatoms. The van der Waals surface area contributed by atoms with Gasteiger partial charge in [0, 0.05) is 0 Å². The van der Waals surface area contributed by atoms with Crippen LogP contribution in [0.2, 0.25) is 0 Å². The molecule has 9 heavy (non-hydrogen) atoms. The lowest BCUT2D eigenvalue weighted by molar-refractivity contribution is -0.110. The molecule has 2 nitrogen and oxygen atoms in total. The summed E-state index contributed by atoms with van der Waals surface area (Å²) in [6.07, 6.45) is 3.32. The summed E-state index contributed by atoms with van der Waals surface area (Å²) in [4.78, 5) is 10.3. The zero-order valence-corrected chi connectivity index (χ0v) is 5.76. The van der Waals surface area contributed by atoms with Gasteiger partial charge < -0.3 is 10.1 Å². The van der Waals surface area contributed by atoms with E-state index in [-0.39, 0.29) is 6.04 Å². The van der Waals surface area contributed by atoms with E-state index >= 15 is 0 Å². The summed E-state index contributed by atoms with van der Waals surface area (Å²) < 4.78 is 0. The molecule has 0 saturated carbocycles. The van der Waals surface area contributed by atoms with E-state index in [0.717, 1.165) is 19.3 Å². The highest BCUT2D eigenvalue weighted by Gasteiger charge is 2.23. The highest BCUT2D eigenvalue weighted by Crippen LogP contribution is 2.16. The van der Waals surface area contributed by atoms with Crippen molar-refractivity contribution in [2.24, 2.45) is 5.92 Å². The van der Waals surface area contributed by atoms with Gasteiger partial charge in [0.05, 0.1) is 6.04 Å². The minimum atomic E-state index is 0.148. The molecule has 0 radical (unpaired) electrons. The van der Waals surface area contributed by atoms with Gasteiger partial charge in [-0.3, -0.25) is 0 Å². The second-order valence-electron chi connectivity index (χ2n) is 2.57. The molecule has 0 amide bonds. The first-order valence-corrected chi connectivity index (χ1v) is 3.57. The van der Waals surface area contributed by atoms with E-state index in [1.165, 1.54) is 6.42 Å². The van der Waals surface area contributed by atoms with Gasteiger partial charge in [-0.05, 0) is 18.9 Å². The first-order chi connectivity index (χ1) is 4.38. The molecule has 1 rings (SSSR count). The molecule has 1 aliphatic heterocycles. The van der Waals surface area contributed by atoms with Gasteiger partial charge in [0.15, 0.2) is 0 Å². The molecular formula is C7H13NO. The number of hydrogen-bond donors (Lipinski definition) is 1. The minimum absolute atomic E-state index is 0.148. The van der Waals surface area contributed by atoms with Crippen LogP contribution in [0.4, 0.5) is 0 Å². The van der Waals surface area contributed by atoms with Crippen molar-refractivity contribution < 1.29 is 4.79 Å². The number of hydrogen-bond acceptors (Lipinski definition) is 2. The van der Waals surface area contributed by atoms with Crippen molar-refractivity contribution in [3.63, 3.8) is 0 Å². The normalized spacial score (nSPS) is 34.8. The molecule has 1 fully saturated rings. The Morgan fingerprint density at radius 2 is 2.56 bits per heavy atom. The fourth-order valence-corrected chi connectivity index (χ4v) is 1.40. The minimum Gasteiger partial charge on any atom is -0.307 e. The van der Waals surface area contributed by atoms with Crippen LogP contribution in [0.25, 0.3) is 0 Å². The molecule has 52 valence electrons. The number of rotatable bonds is 2. The van der Waals surface area contributed by atoms with E-state index in [0.29, 0.717) is 5.92 Å². The van der Waals surface area contributed by atoms with Crippen molar-refractivity contribution >= 4 is 6.29 Å². The van der Waals surface area contributed by atoms with E-state index in [4.69, 9.17) is 0 Å². The first kappa shape index (κ1) is 6.75. The number of aldehydes is 1. The fourth-order valence-electron chi connectivity index (χ4n) is 1.40. The lowest BCUT2D eigenvalue weighted by atomic mass is 9.99. The van der Waals surface area contributed by atoms with Crippen LogP contribution in [0.3, 0.4) is 0 Å². The van der Waals surface area contributed by atoms with Crippen LogP contribution >= 0.6 is 0 Å². The topological polar surface area (TPSA) is 29.1 Å². The zero-order chi connectivity index (χ0) is 6.69. The van der Waals surface area contributed by atoms with Crippen LogP contribution in [-0.2, 0) is 4.79 Å². The molecule has 1 aliphatic rings. The number of carbonyl (C=O) groups excluding carboxylic acids is 1. The van der Waals surface area contributed by atoms with Gasteiger partial charge in [0.1, 0.15) is 6.29 Å². The lowest BCUT2D eigenvalue weighted by Crippen LogP contribution is -2.27. The van der Waals surface area contributed by atoms with E-state index in [9.17, 15) is 4.79 Å². The Morgan fingerprint density at radius 1 is 1.78 bits per heavy atom. The van der Waals surface area contributed by atoms with Crippen LogP contribution < -0.4 is 5.32 Å². The maximum Gasteiger partial charge on any atom is 0.137 e.